The summed E-state index contributed by atoms with van der Waals surface area (Å²) in [6.07, 6.45) is 5.38. The highest BCUT2D eigenvalue weighted by Crippen LogP contribution is 2.23. The van der Waals surface area contributed by atoms with Crippen molar-refractivity contribution >= 4 is 0 Å². The molecule has 1 saturated heterocycles. The van der Waals surface area contributed by atoms with Crippen LogP contribution in [0.2, 0.25) is 0 Å². The SMILES string of the molecule is CCC1CCCCN1CC(CN)c1ccccc1. The van der Waals surface area contributed by atoms with Crippen molar-refractivity contribution in [1.82, 2.24) is 4.90 Å². The summed E-state index contributed by atoms with van der Waals surface area (Å²) in [7, 11) is 0. The van der Waals surface area contributed by atoms with Gasteiger partial charge in [-0.05, 0) is 31.4 Å². The molecule has 0 amide bonds. The van der Waals surface area contributed by atoms with E-state index in [1.165, 1.54) is 37.8 Å². The summed E-state index contributed by atoms with van der Waals surface area (Å²) in [4.78, 5) is 2.66. The number of hydrogen-bond donors (Lipinski definition) is 1. The molecule has 0 aliphatic carbocycles. The van der Waals surface area contributed by atoms with Gasteiger partial charge in [-0.25, -0.2) is 0 Å². The number of piperidine rings is 1. The molecule has 2 atom stereocenters. The topological polar surface area (TPSA) is 29.3 Å². The van der Waals surface area contributed by atoms with Crippen LogP contribution in [-0.4, -0.2) is 30.6 Å². The Balaban J connectivity index is 2.01. The highest BCUT2D eigenvalue weighted by Gasteiger charge is 2.23. The van der Waals surface area contributed by atoms with Crippen molar-refractivity contribution in [1.29, 1.82) is 0 Å². The van der Waals surface area contributed by atoms with Gasteiger partial charge in [0.1, 0.15) is 0 Å². The molecular weight excluding hydrogens is 220 g/mol. The van der Waals surface area contributed by atoms with Gasteiger partial charge in [-0.15, -0.1) is 0 Å². The largest absolute Gasteiger partial charge is 0.330 e. The molecule has 1 aliphatic heterocycles. The van der Waals surface area contributed by atoms with Crippen LogP contribution >= 0.6 is 0 Å². The Morgan fingerprint density at radius 1 is 1.28 bits per heavy atom. The number of nitrogens with zero attached hydrogens (tertiary/aromatic N) is 1. The molecule has 0 spiro atoms. The minimum absolute atomic E-state index is 0.485. The molecule has 2 unspecified atom stereocenters. The van der Waals surface area contributed by atoms with Crippen molar-refractivity contribution in [3.8, 4) is 0 Å². The fourth-order valence-corrected chi connectivity index (χ4v) is 3.09. The Morgan fingerprint density at radius 2 is 2.06 bits per heavy atom. The molecule has 2 rings (SSSR count). The van der Waals surface area contributed by atoms with Crippen molar-refractivity contribution in [2.45, 2.75) is 44.6 Å². The fourth-order valence-electron chi connectivity index (χ4n) is 3.09. The van der Waals surface area contributed by atoms with Crippen LogP contribution in [-0.2, 0) is 0 Å². The quantitative estimate of drug-likeness (QED) is 0.865. The van der Waals surface area contributed by atoms with Crippen molar-refractivity contribution in [2.24, 2.45) is 5.73 Å². The minimum Gasteiger partial charge on any atom is -0.330 e. The monoisotopic (exact) mass is 246 g/mol. The first-order valence-electron chi connectivity index (χ1n) is 7.34. The summed E-state index contributed by atoms with van der Waals surface area (Å²) in [6.45, 7) is 5.43. The first-order chi connectivity index (χ1) is 8.85. The minimum atomic E-state index is 0.485. The Kier molecular flexibility index (Phi) is 5.21. The van der Waals surface area contributed by atoms with Gasteiger partial charge >= 0.3 is 0 Å². The molecule has 0 aromatic heterocycles. The standard InChI is InChI=1S/C16H26N2/c1-2-16-10-6-7-11-18(16)13-15(12-17)14-8-4-3-5-9-14/h3-5,8-9,15-16H,2,6-7,10-13,17H2,1H3. The van der Waals surface area contributed by atoms with E-state index in [2.05, 4.69) is 42.2 Å². The molecule has 0 saturated carbocycles. The predicted molar refractivity (Wildman–Crippen MR) is 77.7 cm³/mol. The van der Waals surface area contributed by atoms with E-state index in [0.717, 1.165) is 19.1 Å². The maximum Gasteiger partial charge on any atom is 0.00928 e. The molecule has 1 aliphatic rings. The van der Waals surface area contributed by atoms with Crippen LogP contribution < -0.4 is 5.73 Å². The summed E-state index contributed by atoms with van der Waals surface area (Å²) in [6, 6.07) is 11.5. The van der Waals surface area contributed by atoms with Gasteiger partial charge < -0.3 is 5.73 Å². The first kappa shape index (κ1) is 13.6. The third-order valence-corrected chi connectivity index (χ3v) is 4.23. The van der Waals surface area contributed by atoms with Gasteiger partial charge in [0.15, 0.2) is 0 Å². The lowest BCUT2D eigenvalue weighted by Gasteiger charge is -2.37. The summed E-state index contributed by atoms with van der Waals surface area (Å²) in [5, 5.41) is 0. The van der Waals surface area contributed by atoms with Crippen LogP contribution in [0.15, 0.2) is 30.3 Å². The molecule has 0 bridgehead atoms. The van der Waals surface area contributed by atoms with E-state index in [4.69, 9.17) is 5.73 Å². The molecule has 0 radical (unpaired) electrons. The average molecular weight is 246 g/mol. The number of benzene rings is 1. The van der Waals surface area contributed by atoms with E-state index in [1.807, 2.05) is 0 Å². The van der Waals surface area contributed by atoms with Crippen LogP contribution in [0.1, 0.15) is 44.1 Å². The lowest BCUT2D eigenvalue weighted by Crippen LogP contribution is -2.42. The lowest BCUT2D eigenvalue weighted by atomic mass is 9.94. The molecule has 2 nitrogen and oxygen atoms in total. The number of rotatable bonds is 5. The molecule has 1 aromatic rings. The second-order valence-electron chi connectivity index (χ2n) is 5.40. The summed E-state index contributed by atoms with van der Waals surface area (Å²) >= 11 is 0. The summed E-state index contributed by atoms with van der Waals surface area (Å²) in [5.74, 6) is 0.485. The Labute approximate surface area is 111 Å². The van der Waals surface area contributed by atoms with E-state index < -0.39 is 0 Å². The lowest BCUT2D eigenvalue weighted by molar-refractivity contribution is 0.136. The molecule has 1 aromatic carbocycles. The second kappa shape index (κ2) is 6.91. The molecule has 1 heterocycles. The van der Waals surface area contributed by atoms with E-state index in [-0.39, 0.29) is 0 Å². The zero-order chi connectivity index (χ0) is 12.8. The van der Waals surface area contributed by atoms with E-state index in [9.17, 15) is 0 Å². The van der Waals surface area contributed by atoms with Crippen LogP contribution in [0.4, 0.5) is 0 Å². The van der Waals surface area contributed by atoms with Gasteiger partial charge in [0.05, 0.1) is 0 Å². The highest BCUT2D eigenvalue weighted by atomic mass is 15.2. The number of likely N-dealkylation sites (tertiary alicyclic amines) is 1. The van der Waals surface area contributed by atoms with E-state index in [0.29, 0.717) is 5.92 Å². The molecule has 1 fully saturated rings. The van der Waals surface area contributed by atoms with Crippen molar-refractivity contribution in [3.05, 3.63) is 35.9 Å². The maximum absolute atomic E-state index is 5.98. The molecule has 18 heavy (non-hydrogen) atoms. The zero-order valence-electron chi connectivity index (χ0n) is 11.5. The molecule has 2 heteroatoms. The van der Waals surface area contributed by atoms with E-state index >= 15 is 0 Å². The molecule has 2 N–H and O–H groups in total. The Morgan fingerprint density at radius 3 is 2.72 bits per heavy atom. The Hall–Kier alpha value is -0.860. The third kappa shape index (κ3) is 3.33. The Bertz CT molecular complexity index is 336. The fraction of sp³-hybridized carbons (Fsp3) is 0.625. The van der Waals surface area contributed by atoms with Crippen LogP contribution in [0, 0.1) is 0 Å². The van der Waals surface area contributed by atoms with Crippen molar-refractivity contribution in [3.63, 3.8) is 0 Å². The van der Waals surface area contributed by atoms with Gasteiger partial charge in [0.2, 0.25) is 0 Å². The maximum atomic E-state index is 5.98. The summed E-state index contributed by atoms with van der Waals surface area (Å²) in [5.41, 5.74) is 7.37. The van der Waals surface area contributed by atoms with Gasteiger partial charge in [-0.2, -0.15) is 0 Å². The first-order valence-corrected chi connectivity index (χ1v) is 7.34. The van der Waals surface area contributed by atoms with Crippen LogP contribution in [0.3, 0.4) is 0 Å². The normalized spacial score (nSPS) is 22.9. The average Bonchev–Trinajstić information content (AvgIpc) is 2.46. The van der Waals surface area contributed by atoms with Crippen LogP contribution in [0.25, 0.3) is 0 Å². The molecule has 100 valence electrons. The predicted octanol–water partition coefficient (Wildman–Crippen LogP) is 2.99. The smallest absolute Gasteiger partial charge is 0.00928 e. The van der Waals surface area contributed by atoms with Crippen LogP contribution in [0.5, 0.6) is 0 Å². The van der Waals surface area contributed by atoms with Gasteiger partial charge in [0.25, 0.3) is 0 Å². The van der Waals surface area contributed by atoms with Crippen molar-refractivity contribution < 1.29 is 0 Å². The van der Waals surface area contributed by atoms with E-state index in [1.54, 1.807) is 0 Å². The second-order valence-corrected chi connectivity index (χ2v) is 5.40. The van der Waals surface area contributed by atoms with Gasteiger partial charge in [0, 0.05) is 25.0 Å². The number of hydrogen-bond acceptors (Lipinski definition) is 2. The third-order valence-electron chi connectivity index (χ3n) is 4.23. The van der Waals surface area contributed by atoms with Crippen molar-refractivity contribution in [2.75, 3.05) is 19.6 Å². The molecular formula is C16H26N2. The van der Waals surface area contributed by atoms with Gasteiger partial charge in [-0.1, -0.05) is 43.7 Å². The summed E-state index contributed by atoms with van der Waals surface area (Å²) < 4.78 is 0. The van der Waals surface area contributed by atoms with Gasteiger partial charge in [-0.3, -0.25) is 4.90 Å². The number of nitrogens with two attached hydrogens (primary N) is 1. The highest BCUT2D eigenvalue weighted by molar-refractivity contribution is 5.20. The zero-order valence-corrected chi connectivity index (χ0v) is 11.5.